The fourth-order valence-electron chi connectivity index (χ4n) is 3.85. The topological polar surface area (TPSA) is 52.7 Å². The second-order valence-electron chi connectivity index (χ2n) is 7.50. The molecular weight excluding hydrogens is 369 g/mol. The molecule has 1 aromatic rings. The molecule has 2 amide bonds. The van der Waals surface area contributed by atoms with Crippen molar-refractivity contribution in [3.05, 3.63) is 34.6 Å². The summed E-state index contributed by atoms with van der Waals surface area (Å²) in [7, 11) is 0. The first-order valence-electron chi connectivity index (χ1n) is 9.76. The van der Waals surface area contributed by atoms with Gasteiger partial charge in [0.15, 0.2) is 0 Å². The molecule has 0 bridgehead atoms. The summed E-state index contributed by atoms with van der Waals surface area (Å²) in [5, 5.41) is 3.19. The number of carbonyl (C=O) groups is 2. The Morgan fingerprint density at radius 1 is 1.11 bits per heavy atom. The van der Waals surface area contributed by atoms with E-state index in [0.717, 1.165) is 12.6 Å². The van der Waals surface area contributed by atoms with Crippen molar-refractivity contribution in [2.24, 2.45) is 5.92 Å². The van der Waals surface area contributed by atoms with E-state index in [4.69, 9.17) is 11.6 Å². The molecule has 2 aliphatic rings. The lowest BCUT2D eigenvalue weighted by Gasteiger charge is -2.34. The van der Waals surface area contributed by atoms with Crippen LogP contribution in [0.15, 0.2) is 18.2 Å². The average Bonchev–Trinajstić information content (AvgIpc) is 2.67. The molecule has 0 unspecified atom stereocenters. The maximum atomic E-state index is 13.2. The molecule has 3 rings (SSSR count). The van der Waals surface area contributed by atoms with Crippen molar-refractivity contribution >= 4 is 23.4 Å². The van der Waals surface area contributed by atoms with Gasteiger partial charge < -0.3 is 10.2 Å². The van der Waals surface area contributed by atoms with Crippen molar-refractivity contribution in [3.8, 4) is 0 Å². The van der Waals surface area contributed by atoms with E-state index in [1.54, 1.807) is 4.90 Å². The number of nitrogens with zero attached hydrogens (tertiary/aromatic N) is 2. The molecule has 5 nitrogen and oxygen atoms in total. The summed E-state index contributed by atoms with van der Waals surface area (Å²) in [4.78, 5) is 28.5. The third kappa shape index (κ3) is 5.66. The average molecular weight is 396 g/mol. The first-order valence-corrected chi connectivity index (χ1v) is 10.1. The minimum atomic E-state index is -0.458. The zero-order valence-corrected chi connectivity index (χ0v) is 16.3. The van der Waals surface area contributed by atoms with Crippen LogP contribution in [-0.2, 0) is 4.79 Å². The van der Waals surface area contributed by atoms with Gasteiger partial charge >= 0.3 is 0 Å². The van der Waals surface area contributed by atoms with Crippen LogP contribution in [-0.4, -0.2) is 60.9 Å². The zero-order chi connectivity index (χ0) is 19.2. The van der Waals surface area contributed by atoms with Crippen molar-refractivity contribution in [1.29, 1.82) is 0 Å². The van der Waals surface area contributed by atoms with Crippen LogP contribution >= 0.6 is 11.6 Å². The van der Waals surface area contributed by atoms with Gasteiger partial charge in [0.1, 0.15) is 5.82 Å². The number of hydrogen-bond acceptors (Lipinski definition) is 3. The summed E-state index contributed by atoms with van der Waals surface area (Å²) in [5.74, 6) is 0.0292. The largest absolute Gasteiger partial charge is 0.355 e. The lowest BCUT2D eigenvalue weighted by molar-refractivity contribution is -0.122. The second-order valence-corrected chi connectivity index (χ2v) is 7.91. The molecule has 1 aliphatic carbocycles. The molecule has 1 aliphatic heterocycles. The highest BCUT2D eigenvalue weighted by Gasteiger charge is 2.25. The number of piperazine rings is 1. The minimum Gasteiger partial charge on any atom is -0.355 e. The van der Waals surface area contributed by atoms with Crippen molar-refractivity contribution in [2.75, 3.05) is 39.3 Å². The van der Waals surface area contributed by atoms with Gasteiger partial charge in [-0.05, 0) is 37.0 Å². The van der Waals surface area contributed by atoms with Crippen molar-refractivity contribution in [3.63, 3.8) is 0 Å². The normalized spacial score (nSPS) is 19.1. The number of amides is 2. The fraction of sp³-hybridized carbons (Fsp3) is 0.600. The summed E-state index contributed by atoms with van der Waals surface area (Å²) < 4.78 is 13.2. The monoisotopic (exact) mass is 395 g/mol. The molecule has 0 aromatic heterocycles. The van der Waals surface area contributed by atoms with Gasteiger partial charge in [-0.25, -0.2) is 4.39 Å². The third-order valence-electron chi connectivity index (χ3n) is 5.50. The summed E-state index contributed by atoms with van der Waals surface area (Å²) in [6.07, 6.45) is 6.29. The van der Waals surface area contributed by atoms with Gasteiger partial charge in [-0.15, -0.1) is 0 Å². The maximum absolute atomic E-state index is 13.2. The zero-order valence-electron chi connectivity index (χ0n) is 15.6. The minimum absolute atomic E-state index is 0.0573. The van der Waals surface area contributed by atoms with Crippen LogP contribution in [0.4, 0.5) is 4.39 Å². The van der Waals surface area contributed by atoms with E-state index < -0.39 is 5.82 Å². The molecule has 27 heavy (non-hydrogen) atoms. The Kier molecular flexibility index (Phi) is 7.07. The van der Waals surface area contributed by atoms with Gasteiger partial charge in [-0.2, -0.15) is 0 Å². The molecule has 0 radical (unpaired) electrons. The van der Waals surface area contributed by atoms with Crippen molar-refractivity contribution in [2.45, 2.75) is 32.1 Å². The summed E-state index contributed by atoms with van der Waals surface area (Å²) >= 11 is 5.99. The number of halogens is 2. The summed E-state index contributed by atoms with van der Waals surface area (Å²) in [5.41, 5.74) is 0.316. The SMILES string of the molecule is O=C(CN1CCN(C(=O)c2ccc(F)cc2Cl)CC1)NCC1CCCCC1. The molecule has 1 saturated heterocycles. The van der Waals surface area contributed by atoms with E-state index in [-0.39, 0.29) is 16.8 Å². The van der Waals surface area contributed by atoms with Gasteiger partial charge in [0, 0.05) is 32.7 Å². The first-order chi connectivity index (χ1) is 13.0. The fourth-order valence-corrected chi connectivity index (χ4v) is 4.10. The predicted molar refractivity (Wildman–Crippen MR) is 103 cm³/mol. The first kappa shape index (κ1) is 20.1. The number of rotatable bonds is 5. The van der Waals surface area contributed by atoms with Crippen LogP contribution in [0.1, 0.15) is 42.5 Å². The van der Waals surface area contributed by atoms with Crippen LogP contribution in [0.2, 0.25) is 5.02 Å². The highest BCUT2D eigenvalue weighted by molar-refractivity contribution is 6.33. The molecule has 7 heteroatoms. The second kappa shape index (κ2) is 9.51. The van der Waals surface area contributed by atoms with Gasteiger partial charge in [0.25, 0.3) is 5.91 Å². The Morgan fingerprint density at radius 3 is 2.48 bits per heavy atom. The number of benzene rings is 1. The lowest BCUT2D eigenvalue weighted by Crippen LogP contribution is -2.51. The van der Waals surface area contributed by atoms with E-state index in [1.807, 2.05) is 0 Å². The smallest absolute Gasteiger partial charge is 0.255 e. The third-order valence-corrected chi connectivity index (χ3v) is 5.81. The van der Waals surface area contributed by atoms with Gasteiger partial charge in [-0.1, -0.05) is 30.9 Å². The Balaban J connectivity index is 1.41. The number of carbonyl (C=O) groups excluding carboxylic acids is 2. The Hall–Kier alpha value is -1.66. The van der Waals surface area contributed by atoms with Crippen LogP contribution in [0.25, 0.3) is 0 Å². The quantitative estimate of drug-likeness (QED) is 0.834. The molecule has 1 aromatic carbocycles. The van der Waals surface area contributed by atoms with Crippen molar-refractivity contribution < 1.29 is 14.0 Å². The highest BCUT2D eigenvalue weighted by Crippen LogP contribution is 2.23. The Morgan fingerprint density at radius 2 is 1.81 bits per heavy atom. The van der Waals surface area contributed by atoms with E-state index in [2.05, 4.69) is 10.2 Å². The molecule has 1 saturated carbocycles. The van der Waals surface area contributed by atoms with Gasteiger partial charge in [0.2, 0.25) is 5.91 Å². The molecule has 1 N–H and O–H groups in total. The molecular formula is C20H27ClFN3O2. The standard InChI is InChI=1S/C20H27ClFN3O2/c21-18-12-16(22)6-7-17(18)20(27)25-10-8-24(9-11-25)14-19(26)23-13-15-4-2-1-3-5-15/h6-7,12,15H,1-5,8-11,13-14H2,(H,23,26). The van der Waals surface area contributed by atoms with Crippen LogP contribution in [0.5, 0.6) is 0 Å². The summed E-state index contributed by atoms with van der Waals surface area (Å²) in [6.45, 7) is 3.49. The van der Waals surface area contributed by atoms with E-state index in [0.29, 0.717) is 44.2 Å². The van der Waals surface area contributed by atoms with Crippen molar-refractivity contribution in [1.82, 2.24) is 15.1 Å². The van der Waals surface area contributed by atoms with Crippen LogP contribution in [0, 0.1) is 11.7 Å². The van der Waals surface area contributed by atoms with Crippen LogP contribution < -0.4 is 5.32 Å². The molecule has 0 spiro atoms. The van der Waals surface area contributed by atoms with Crippen LogP contribution in [0.3, 0.4) is 0 Å². The Labute approximate surface area is 164 Å². The Bertz CT molecular complexity index is 671. The predicted octanol–water partition coefficient (Wildman–Crippen LogP) is 2.93. The molecule has 0 atom stereocenters. The summed E-state index contributed by atoms with van der Waals surface area (Å²) in [6, 6.07) is 3.82. The van der Waals surface area contributed by atoms with E-state index in [1.165, 1.54) is 44.2 Å². The van der Waals surface area contributed by atoms with Gasteiger partial charge in [-0.3, -0.25) is 14.5 Å². The molecule has 2 fully saturated rings. The molecule has 1 heterocycles. The van der Waals surface area contributed by atoms with E-state index >= 15 is 0 Å². The number of nitrogens with one attached hydrogen (secondary N) is 1. The maximum Gasteiger partial charge on any atom is 0.255 e. The molecule has 148 valence electrons. The van der Waals surface area contributed by atoms with E-state index in [9.17, 15) is 14.0 Å². The highest BCUT2D eigenvalue weighted by atomic mass is 35.5. The lowest BCUT2D eigenvalue weighted by atomic mass is 9.89. The number of hydrogen-bond donors (Lipinski definition) is 1. The van der Waals surface area contributed by atoms with Gasteiger partial charge in [0.05, 0.1) is 17.1 Å².